The Hall–Kier alpha value is -4.37. The third-order valence-corrected chi connectivity index (χ3v) is 9.06. The van der Waals surface area contributed by atoms with Crippen molar-refractivity contribution in [3.63, 3.8) is 0 Å². The van der Waals surface area contributed by atoms with Gasteiger partial charge in [0, 0.05) is 41.6 Å². The molecule has 6 heterocycles. The molecule has 0 spiro atoms. The van der Waals surface area contributed by atoms with Gasteiger partial charge in [-0.05, 0) is 24.6 Å². The molecule has 9 rings (SSSR count). The van der Waals surface area contributed by atoms with Crippen LogP contribution in [0.3, 0.4) is 0 Å². The first-order chi connectivity index (χ1) is 18.4. The summed E-state index contributed by atoms with van der Waals surface area (Å²) in [5, 5.41) is 7.04. The van der Waals surface area contributed by atoms with Gasteiger partial charge in [-0.3, -0.25) is 9.59 Å². The number of amides is 3. The van der Waals surface area contributed by atoms with Crippen molar-refractivity contribution in [2.24, 2.45) is 5.92 Å². The van der Waals surface area contributed by atoms with E-state index < -0.39 is 30.1 Å². The number of likely N-dealkylation sites (N-methyl/N-ethyl adjacent to an activating group) is 1. The average molecular weight is 507 g/mol. The Labute approximate surface area is 215 Å². The second kappa shape index (κ2) is 6.36. The molecule has 0 aliphatic carbocycles. The van der Waals surface area contributed by atoms with Crippen LogP contribution in [0.1, 0.15) is 35.5 Å². The number of nitrogens with zero attached hydrogens (tertiary/aromatic N) is 3. The number of hydrogen-bond acceptors (Lipinski definition) is 5. The van der Waals surface area contributed by atoms with Gasteiger partial charge in [-0.2, -0.15) is 0 Å². The molecule has 4 aliphatic heterocycles. The van der Waals surface area contributed by atoms with E-state index in [1.165, 1.54) is 7.05 Å². The van der Waals surface area contributed by atoms with Crippen molar-refractivity contribution in [3.8, 4) is 0 Å². The van der Waals surface area contributed by atoms with Crippen LogP contribution in [0.15, 0.2) is 48.5 Å². The number of carbonyl (C=O) groups is 3. The van der Waals surface area contributed by atoms with Crippen LogP contribution in [-0.4, -0.2) is 45.1 Å². The molecule has 2 bridgehead atoms. The van der Waals surface area contributed by atoms with Gasteiger partial charge in [0.05, 0.1) is 33.5 Å². The highest BCUT2D eigenvalue weighted by molar-refractivity contribution is 6.31. The summed E-state index contributed by atoms with van der Waals surface area (Å²) >= 11 is 0. The number of ether oxygens (including phenoxy) is 2. The molecule has 5 aromatic rings. The number of fused-ring (bicyclic) bond motifs is 13. The van der Waals surface area contributed by atoms with Crippen molar-refractivity contribution >= 4 is 61.5 Å². The van der Waals surface area contributed by atoms with E-state index >= 15 is 0 Å². The van der Waals surface area contributed by atoms with E-state index in [2.05, 4.69) is 26.6 Å². The van der Waals surface area contributed by atoms with Crippen LogP contribution >= 0.6 is 0 Å². The lowest BCUT2D eigenvalue weighted by molar-refractivity contribution is -0.135. The van der Waals surface area contributed by atoms with Crippen molar-refractivity contribution in [2.45, 2.75) is 37.9 Å². The van der Waals surface area contributed by atoms with Crippen molar-refractivity contribution < 1.29 is 23.9 Å². The highest BCUT2D eigenvalue weighted by atomic mass is 16.6. The number of cyclic esters (lactones) is 1. The Morgan fingerprint density at radius 1 is 0.947 bits per heavy atom. The van der Waals surface area contributed by atoms with Crippen LogP contribution < -0.4 is 5.32 Å². The molecule has 4 aliphatic rings. The summed E-state index contributed by atoms with van der Waals surface area (Å²) in [6, 6.07) is 16.2. The second-order valence-corrected chi connectivity index (χ2v) is 11.0. The zero-order chi connectivity index (χ0) is 25.7. The topological polar surface area (TPSA) is 94.8 Å². The molecule has 3 aromatic carbocycles. The summed E-state index contributed by atoms with van der Waals surface area (Å²) in [6.07, 6.45) is -1.70. The zero-order valence-electron chi connectivity index (χ0n) is 20.6. The fourth-order valence-corrected chi connectivity index (χ4v) is 7.60. The van der Waals surface area contributed by atoms with Gasteiger partial charge in [0.15, 0.2) is 6.10 Å². The molecule has 4 atom stereocenters. The Kier molecular flexibility index (Phi) is 3.46. The summed E-state index contributed by atoms with van der Waals surface area (Å²) in [7, 11) is 1.45. The summed E-state index contributed by atoms with van der Waals surface area (Å²) in [4.78, 5) is 40.0. The van der Waals surface area contributed by atoms with Gasteiger partial charge in [0.1, 0.15) is 12.0 Å². The number of carbonyl (C=O) groups excluding carboxylic acids is 3. The van der Waals surface area contributed by atoms with Gasteiger partial charge in [-0.1, -0.05) is 36.4 Å². The predicted octanol–water partition coefficient (Wildman–Crippen LogP) is 4.34. The number of nitrogens with one attached hydrogen (secondary N) is 1. The maximum Gasteiger partial charge on any atom is 0.417 e. The molecule has 0 saturated carbocycles. The van der Waals surface area contributed by atoms with Gasteiger partial charge in [0.25, 0.3) is 11.8 Å². The smallest absolute Gasteiger partial charge is 0.417 e. The number of imide groups is 1. The summed E-state index contributed by atoms with van der Waals surface area (Å²) in [5.74, 6) is -0.865. The van der Waals surface area contributed by atoms with E-state index in [0.29, 0.717) is 18.5 Å². The molecule has 188 valence electrons. The largest absolute Gasteiger partial charge is 0.435 e. The SMILES string of the molecule is CN1C(=O)OC(C2C[C@]3(C)O[C@H]2n2c4ccccc4c4c5c(c6c7ccccc7n3c6c42)CNC5=O)C1=O. The van der Waals surface area contributed by atoms with Crippen LogP contribution in [-0.2, 0) is 26.5 Å². The summed E-state index contributed by atoms with van der Waals surface area (Å²) in [5.41, 5.74) is 4.76. The third-order valence-electron chi connectivity index (χ3n) is 9.06. The minimum atomic E-state index is -0.952. The number of benzene rings is 3. The van der Waals surface area contributed by atoms with E-state index in [0.717, 1.165) is 54.1 Å². The van der Waals surface area contributed by atoms with E-state index in [-0.39, 0.29) is 11.8 Å². The van der Waals surface area contributed by atoms with Crippen molar-refractivity contribution in [3.05, 3.63) is 59.7 Å². The van der Waals surface area contributed by atoms with Crippen LogP contribution in [0, 0.1) is 5.92 Å². The van der Waals surface area contributed by atoms with Crippen LogP contribution in [0.4, 0.5) is 4.79 Å². The lowest BCUT2D eigenvalue weighted by Crippen LogP contribution is -2.36. The molecule has 2 aromatic heterocycles. The molecular formula is C29H22N4O5. The summed E-state index contributed by atoms with van der Waals surface area (Å²) in [6.45, 7) is 2.52. The first kappa shape index (κ1) is 20.7. The lowest BCUT2D eigenvalue weighted by Gasteiger charge is -2.27. The van der Waals surface area contributed by atoms with Crippen molar-refractivity contribution in [1.82, 2.24) is 19.4 Å². The minimum absolute atomic E-state index is 0.0822. The molecule has 1 N–H and O–H groups in total. The molecule has 9 heteroatoms. The first-order valence-corrected chi connectivity index (χ1v) is 12.8. The normalized spacial score (nSPS) is 27.8. The monoisotopic (exact) mass is 506 g/mol. The highest BCUT2D eigenvalue weighted by Gasteiger charge is 2.57. The van der Waals surface area contributed by atoms with E-state index in [1.807, 2.05) is 43.3 Å². The average Bonchev–Trinajstić information content (AvgIpc) is 3.67. The number of para-hydroxylation sites is 2. The van der Waals surface area contributed by atoms with E-state index in [4.69, 9.17) is 9.47 Å². The fourth-order valence-electron chi connectivity index (χ4n) is 7.60. The molecule has 2 saturated heterocycles. The second-order valence-electron chi connectivity index (χ2n) is 11.0. The first-order valence-electron chi connectivity index (χ1n) is 12.8. The van der Waals surface area contributed by atoms with Gasteiger partial charge in [-0.15, -0.1) is 0 Å². The Morgan fingerprint density at radius 3 is 2.39 bits per heavy atom. The van der Waals surface area contributed by atoms with Gasteiger partial charge in [0.2, 0.25) is 0 Å². The highest BCUT2D eigenvalue weighted by Crippen LogP contribution is 2.57. The van der Waals surface area contributed by atoms with Gasteiger partial charge in [-0.25, -0.2) is 9.69 Å². The molecule has 3 amide bonds. The Morgan fingerprint density at radius 2 is 1.66 bits per heavy atom. The van der Waals surface area contributed by atoms with E-state index in [1.54, 1.807) is 0 Å². The van der Waals surface area contributed by atoms with Crippen molar-refractivity contribution in [2.75, 3.05) is 7.05 Å². The minimum Gasteiger partial charge on any atom is -0.435 e. The van der Waals surface area contributed by atoms with Crippen LogP contribution in [0.5, 0.6) is 0 Å². The van der Waals surface area contributed by atoms with Crippen LogP contribution in [0.25, 0.3) is 43.6 Å². The molecule has 2 unspecified atom stereocenters. The molecule has 0 radical (unpaired) electrons. The zero-order valence-corrected chi connectivity index (χ0v) is 20.6. The summed E-state index contributed by atoms with van der Waals surface area (Å²) < 4.78 is 17.0. The maximum absolute atomic E-state index is 13.4. The predicted molar refractivity (Wildman–Crippen MR) is 139 cm³/mol. The van der Waals surface area contributed by atoms with E-state index in [9.17, 15) is 14.4 Å². The quantitative estimate of drug-likeness (QED) is 0.365. The number of rotatable bonds is 1. The Balaban J connectivity index is 1.51. The van der Waals surface area contributed by atoms with Crippen molar-refractivity contribution in [1.29, 1.82) is 0 Å². The number of aromatic nitrogens is 2. The van der Waals surface area contributed by atoms with Gasteiger partial charge >= 0.3 is 6.09 Å². The lowest BCUT2D eigenvalue weighted by atomic mass is 9.92. The number of hydrogen-bond donors (Lipinski definition) is 1. The Bertz CT molecular complexity index is 1990. The van der Waals surface area contributed by atoms with Crippen LogP contribution in [0.2, 0.25) is 0 Å². The fraction of sp³-hybridized carbons (Fsp3) is 0.276. The molecule has 9 nitrogen and oxygen atoms in total. The molecular weight excluding hydrogens is 484 g/mol. The third kappa shape index (κ3) is 2.11. The molecule has 38 heavy (non-hydrogen) atoms. The molecule has 2 fully saturated rings. The van der Waals surface area contributed by atoms with Gasteiger partial charge < -0.3 is 23.9 Å². The standard InChI is InChI=1S/C29H22N4O5/c1-29-11-15(24-26(35)31(2)28(36)37-24)27(38-29)32-17-9-5-3-7-13(17)20-21-16(12-30-25(21)34)19-14-8-4-6-10-18(14)33(29)23(19)22(20)32/h3-10,15,24,27H,11-12H2,1-2H3,(H,30,34)/t15?,24?,27-,29+/m1/s1. The maximum atomic E-state index is 13.4.